The summed E-state index contributed by atoms with van der Waals surface area (Å²) in [5.41, 5.74) is 0.820. The maximum Gasteiger partial charge on any atom is 0.291 e. The molecule has 0 saturated carbocycles. The van der Waals surface area contributed by atoms with E-state index in [4.69, 9.17) is 0 Å². The Bertz CT molecular complexity index is 930. The Morgan fingerprint density at radius 2 is 1.85 bits per heavy atom. The van der Waals surface area contributed by atoms with Crippen LogP contribution in [0.1, 0.15) is 23.5 Å². The van der Waals surface area contributed by atoms with Gasteiger partial charge in [0.05, 0.1) is 17.1 Å². The number of amides is 2. The summed E-state index contributed by atoms with van der Waals surface area (Å²) in [5.74, 6) is 0.139. The zero-order valence-electron chi connectivity index (χ0n) is 14.7. The third-order valence-corrected chi connectivity index (χ3v) is 5.28. The van der Waals surface area contributed by atoms with Gasteiger partial charge in [-0.2, -0.15) is 0 Å². The third-order valence-electron chi connectivity index (χ3n) is 4.41. The van der Waals surface area contributed by atoms with Crippen molar-refractivity contribution in [2.45, 2.75) is 12.8 Å². The van der Waals surface area contributed by atoms with Crippen molar-refractivity contribution in [1.29, 1.82) is 0 Å². The molecule has 1 aliphatic rings. The Hall–Kier alpha value is -3.00. The van der Waals surface area contributed by atoms with Gasteiger partial charge in [0.15, 0.2) is 5.82 Å². The van der Waals surface area contributed by atoms with Crippen LogP contribution < -0.4 is 5.32 Å². The number of hydrogen-bond donors (Lipinski definition) is 1. The van der Waals surface area contributed by atoms with Crippen molar-refractivity contribution in [3.05, 3.63) is 53.7 Å². The van der Waals surface area contributed by atoms with Crippen LogP contribution in [0.15, 0.2) is 47.8 Å². The first kappa shape index (κ1) is 17.4. The lowest BCUT2D eigenvalue weighted by molar-refractivity contribution is -0.129. The molecule has 0 radical (unpaired) electrons. The van der Waals surface area contributed by atoms with E-state index in [9.17, 15) is 9.59 Å². The Balaban J connectivity index is 1.56. The molecule has 3 aromatic rings. The summed E-state index contributed by atoms with van der Waals surface area (Å²) in [6.45, 7) is 1.49. The molecule has 3 heterocycles. The van der Waals surface area contributed by atoms with E-state index >= 15 is 0 Å². The summed E-state index contributed by atoms with van der Waals surface area (Å²) >= 11 is 1.53. The molecule has 138 valence electrons. The van der Waals surface area contributed by atoms with Gasteiger partial charge in [0.2, 0.25) is 11.7 Å². The van der Waals surface area contributed by atoms with E-state index in [2.05, 4.69) is 15.4 Å². The van der Waals surface area contributed by atoms with E-state index < -0.39 is 5.91 Å². The van der Waals surface area contributed by atoms with E-state index in [0.717, 1.165) is 36.5 Å². The Labute approximate surface area is 160 Å². The number of para-hydroxylation sites is 1. The molecule has 2 aromatic heterocycles. The summed E-state index contributed by atoms with van der Waals surface area (Å²) in [6, 6.07) is 13.4. The van der Waals surface area contributed by atoms with Crippen molar-refractivity contribution in [2.75, 3.05) is 19.6 Å². The van der Waals surface area contributed by atoms with Gasteiger partial charge in [-0.05, 0) is 36.4 Å². The van der Waals surface area contributed by atoms with Gasteiger partial charge in [0.1, 0.15) is 0 Å². The van der Waals surface area contributed by atoms with Crippen LogP contribution >= 0.6 is 11.3 Å². The predicted octanol–water partition coefficient (Wildman–Crippen LogP) is 2.35. The first-order valence-electron chi connectivity index (χ1n) is 8.85. The minimum absolute atomic E-state index is 0.0347. The molecule has 1 N–H and O–H groups in total. The van der Waals surface area contributed by atoms with E-state index in [0.29, 0.717) is 5.82 Å². The molecule has 1 saturated heterocycles. The van der Waals surface area contributed by atoms with Crippen molar-refractivity contribution >= 4 is 23.2 Å². The average Bonchev–Trinajstić information content (AvgIpc) is 3.47. The molecule has 4 rings (SSSR count). The van der Waals surface area contributed by atoms with Gasteiger partial charge in [0.25, 0.3) is 5.91 Å². The quantitative estimate of drug-likeness (QED) is 0.736. The van der Waals surface area contributed by atoms with E-state index in [1.807, 2.05) is 47.8 Å². The van der Waals surface area contributed by atoms with Crippen LogP contribution in [0.2, 0.25) is 0 Å². The molecule has 1 aromatic carbocycles. The number of benzene rings is 1. The van der Waals surface area contributed by atoms with Gasteiger partial charge in [0, 0.05) is 13.1 Å². The molecule has 7 nitrogen and oxygen atoms in total. The molecular formula is C19H19N5O2S. The van der Waals surface area contributed by atoms with Gasteiger partial charge in [-0.15, -0.1) is 16.4 Å². The lowest BCUT2D eigenvalue weighted by Gasteiger charge is -2.14. The van der Waals surface area contributed by atoms with Gasteiger partial charge in [-0.3, -0.25) is 9.59 Å². The first-order valence-corrected chi connectivity index (χ1v) is 9.72. The molecule has 0 aliphatic carbocycles. The zero-order valence-corrected chi connectivity index (χ0v) is 15.5. The highest BCUT2D eigenvalue weighted by atomic mass is 32.1. The van der Waals surface area contributed by atoms with Crippen LogP contribution in [0.5, 0.6) is 0 Å². The number of carbonyl (C=O) groups excluding carboxylic acids is 2. The number of carbonyl (C=O) groups is 2. The van der Waals surface area contributed by atoms with Crippen LogP contribution in [0, 0.1) is 0 Å². The van der Waals surface area contributed by atoms with Crippen molar-refractivity contribution in [3.8, 4) is 16.4 Å². The molecule has 0 atom stereocenters. The number of nitrogens with one attached hydrogen (secondary N) is 1. The lowest BCUT2D eigenvalue weighted by Crippen LogP contribution is -2.39. The second-order valence-electron chi connectivity index (χ2n) is 6.25. The summed E-state index contributed by atoms with van der Waals surface area (Å²) in [4.78, 5) is 31.8. The number of likely N-dealkylation sites (tertiary alicyclic amines) is 1. The lowest BCUT2D eigenvalue weighted by atomic mass is 10.3. The highest BCUT2D eigenvalue weighted by molar-refractivity contribution is 7.13. The molecule has 1 aliphatic heterocycles. The van der Waals surface area contributed by atoms with E-state index in [1.54, 1.807) is 9.58 Å². The van der Waals surface area contributed by atoms with Gasteiger partial charge in [-0.25, -0.2) is 9.67 Å². The summed E-state index contributed by atoms with van der Waals surface area (Å²) < 4.78 is 1.66. The Morgan fingerprint density at radius 3 is 2.56 bits per heavy atom. The van der Waals surface area contributed by atoms with Crippen molar-refractivity contribution in [1.82, 2.24) is 25.0 Å². The highest BCUT2D eigenvalue weighted by Crippen LogP contribution is 2.25. The Morgan fingerprint density at radius 1 is 1.07 bits per heavy atom. The maximum atomic E-state index is 12.5. The smallest absolute Gasteiger partial charge is 0.291 e. The minimum atomic E-state index is -0.449. The zero-order chi connectivity index (χ0) is 18.6. The average molecular weight is 381 g/mol. The maximum absolute atomic E-state index is 12.5. The predicted molar refractivity (Wildman–Crippen MR) is 103 cm³/mol. The first-order chi connectivity index (χ1) is 13.2. The largest absolute Gasteiger partial charge is 0.341 e. The fourth-order valence-corrected chi connectivity index (χ4v) is 3.73. The highest BCUT2D eigenvalue weighted by Gasteiger charge is 2.22. The Kier molecular flexibility index (Phi) is 4.97. The molecule has 2 amide bonds. The molecule has 27 heavy (non-hydrogen) atoms. The second-order valence-corrected chi connectivity index (χ2v) is 7.20. The van der Waals surface area contributed by atoms with Crippen LogP contribution in [-0.4, -0.2) is 51.1 Å². The number of aromatic nitrogens is 3. The second kappa shape index (κ2) is 7.71. The molecule has 0 bridgehead atoms. The van der Waals surface area contributed by atoms with Crippen molar-refractivity contribution in [3.63, 3.8) is 0 Å². The molecule has 8 heteroatoms. The molecule has 0 spiro atoms. The number of hydrogen-bond acceptors (Lipinski definition) is 5. The summed E-state index contributed by atoms with van der Waals surface area (Å²) in [6.07, 6.45) is 2.04. The molecule has 0 unspecified atom stereocenters. The monoisotopic (exact) mass is 381 g/mol. The van der Waals surface area contributed by atoms with Crippen LogP contribution in [-0.2, 0) is 4.79 Å². The normalized spacial score (nSPS) is 13.7. The fourth-order valence-electron chi connectivity index (χ4n) is 3.04. The number of thiophene rings is 1. The molecular weight excluding hydrogens is 362 g/mol. The topological polar surface area (TPSA) is 80.1 Å². The van der Waals surface area contributed by atoms with Gasteiger partial charge in [-0.1, -0.05) is 24.3 Å². The number of rotatable bonds is 5. The summed E-state index contributed by atoms with van der Waals surface area (Å²) in [7, 11) is 0. The van der Waals surface area contributed by atoms with Crippen LogP contribution in [0.25, 0.3) is 16.4 Å². The van der Waals surface area contributed by atoms with Crippen LogP contribution in [0.4, 0.5) is 0 Å². The van der Waals surface area contributed by atoms with Crippen molar-refractivity contribution < 1.29 is 9.59 Å². The van der Waals surface area contributed by atoms with Crippen molar-refractivity contribution in [2.24, 2.45) is 0 Å². The van der Waals surface area contributed by atoms with Gasteiger partial charge >= 0.3 is 0 Å². The minimum Gasteiger partial charge on any atom is -0.341 e. The third kappa shape index (κ3) is 3.75. The standard InChI is InChI=1S/C19H19N5O2S/c25-16(23-10-4-5-11-23)13-20-19(26)17-21-18(15-9-6-12-27-15)24(22-17)14-7-2-1-3-8-14/h1-3,6-9,12H,4-5,10-11,13H2,(H,20,26). The van der Waals surface area contributed by atoms with E-state index in [-0.39, 0.29) is 18.3 Å². The fraction of sp³-hybridized carbons (Fsp3) is 0.263. The molecule has 1 fully saturated rings. The van der Waals surface area contributed by atoms with Crippen LogP contribution in [0.3, 0.4) is 0 Å². The van der Waals surface area contributed by atoms with Gasteiger partial charge < -0.3 is 10.2 Å². The summed E-state index contributed by atoms with van der Waals surface area (Å²) in [5, 5.41) is 8.99. The number of nitrogens with zero attached hydrogens (tertiary/aromatic N) is 4. The SMILES string of the molecule is O=C(NCC(=O)N1CCCC1)c1nc(-c2cccs2)n(-c2ccccc2)n1. The van der Waals surface area contributed by atoms with E-state index in [1.165, 1.54) is 11.3 Å².